The Balaban J connectivity index is 1.09. The van der Waals surface area contributed by atoms with Gasteiger partial charge in [-0.2, -0.15) is 15.3 Å². The van der Waals surface area contributed by atoms with E-state index in [1.165, 1.54) is 11.1 Å². The molecular weight excluding hydrogens is 516 g/mol. The summed E-state index contributed by atoms with van der Waals surface area (Å²) in [5.74, 6) is 0.116. The van der Waals surface area contributed by atoms with Gasteiger partial charge in [0.1, 0.15) is 0 Å². The number of piperidine rings is 1. The van der Waals surface area contributed by atoms with E-state index >= 15 is 0 Å². The quantitative estimate of drug-likeness (QED) is 0.274. The van der Waals surface area contributed by atoms with E-state index in [2.05, 4.69) is 43.7 Å². The molecule has 1 radical (unpaired) electrons. The molecule has 0 unspecified atom stereocenters. The summed E-state index contributed by atoms with van der Waals surface area (Å²) < 4.78 is 0. The lowest BCUT2D eigenvalue weighted by molar-refractivity contribution is 0.204. The van der Waals surface area contributed by atoms with Gasteiger partial charge < -0.3 is 16.2 Å². The second-order valence-electron chi connectivity index (χ2n) is 10.4. The van der Waals surface area contributed by atoms with Crippen LogP contribution in [0, 0.1) is 0 Å². The van der Waals surface area contributed by atoms with Crippen LogP contribution < -0.4 is 16.4 Å². The van der Waals surface area contributed by atoms with Crippen molar-refractivity contribution in [3.63, 3.8) is 0 Å². The lowest BCUT2D eigenvalue weighted by Gasteiger charge is -2.32. The molecular formula is C31H27N8O2. The van der Waals surface area contributed by atoms with Crippen LogP contribution in [0.4, 0.5) is 22.1 Å². The molecule has 10 nitrogen and oxygen atoms in total. The van der Waals surface area contributed by atoms with Gasteiger partial charge in [0.05, 0.1) is 22.8 Å². The SMILES string of the molecule is Nc1nc(O)c2nc(-c3ccc(CN4CCC(c5ccc6c(c5)[N]C(=O)N6)CC4)cc3)c(-c3ccccc3)nc2n1. The molecule has 1 saturated heterocycles. The summed E-state index contributed by atoms with van der Waals surface area (Å²) in [7, 11) is 0. The van der Waals surface area contributed by atoms with Crippen molar-refractivity contribution in [1.82, 2.24) is 30.2 Å². The number of amides is 2. The van der Waals surface area contributed by atoms with Gasteiger partial charge in [-0.15, -0.1) is 0 Å². The second kappa shape index (κ2) is 10.1. The van der Waals surface area contributed by atoms with E-state index < -0.39 is 0 Å². The molecule has 0 aliphatic carbocycles. The van der Waals surface area contributed by atoms with Gasteiger partial charge in [-0.25, -0.2) is 14.8 Å². The fraction of sp³-hybridized carbons (Fsp3) is 0.194. The third-order valence-electron chi connectivity index (χ3n) is 7.76. The average Bonchev–Trinajstić information content (AvgIpc) is 3.37. The van der Waals surface area contributed by atoms with Crippen molar-refractivity contribution in [2.45, 2.75) is 25.3 Å². The van der Waals surface area contributed by atoms with Crippen molar-refractivity contribution >= 4 is 34.5 Å². The fourth-order valence-electron chi connectivity index (χ4n) is 5.65. The molecule has 0 spiro atoms. The van der Waals surface area contributed by atoms with Crippen LogP contribution in [0.5, 0.6) is 5.88 Å². The van der Waals surface area contributed by atoms with Crippen molar-refractivity contribution in [2.75, 3.05) is 24.1 Å². The van der Waals surface area contributed by atoms with E-state index in [9.17, 15) is 9.90 Å². The van der Waals surface area contributed by atoms with Crippen molar-refractivity contribution < 1.29 is 9.90 Å². The molecule has 0 bridgehead atoms. The molecule has 2 amide bonds. The van der Waals surface area contributed by atoms with Crippen molar-refractivity contribution in [1.29, 1.82) is 0 Å². The number of nitrogens with zero attached hydrogens (tertiary/aromatic N) is 6. The minimum absolute atomic E-state index is 0.0546. The number of rotatable bonds is 5. The molecule has 2 aliphatic rings. The van der Waals surface area contributed by atoms with E-state index in [4.69, 9.17) is 15.7 Å². The lowest BCUT2D eigenvalue weighted by Crippen LogP contribution is -2.32. The predicted molar refractivity (Wildman–Crippen MR) is 157 cm³/mol. The summed E-state index contributed by atoms with van der Waals surface area (Å²) in [5.41, 5.74) is 13.3. The van der Waals surface area contributed by atoms with Crippen LogP contribution in [0.3, 0.4) is 0 Å². The first-order valence-electron chi connectivity index (χ1n) is 13.6. The first-order valence-corrected chi connectivity index (χ1v) is 13.6. The Bertz CT molecular complexity index is 1770. The number of nitrogen functional groups attached to an aromatic ring is 1. The number of hydrogen-bond donors (Lipinski definition) is 3. The molecule has 10 heteroatoms. The van der Waals surface area contributed by atoms with Gasteiger partial charge in [-0.05, 0) is 55.1 Å². The zero-order chi connectivity index (χ0) is 27.9. The summed E-state index contributed by atoms with van der Waals surface area (Å²) in [6, 6.07) is 23.9. The van der Waals surface area contributed by atoms with Gasteiger partial charge in [0.25, 0.3) is 0 Å². The Labute approximate surface area is 236 Å². The summed E-state index contributed by atoms with van der Waals surface area (Å²) in [5, 5.41) is 17.2. The molecule has 2 aromatic heterocycles. The summed E-state index contributed by atoms with van der Waals surface area (Å²) >= 11 is 0. The maximum Gasteiger partial charge on any atom is 0.346 e. The number of benzene rings is 3. The molecule has 203 valence electrons. The van der Waals surface area contributed by atoms with Gasteiger partial charge in [0, 0.05) is 17.7 Å². The Morgan fingerprint density at radius 2 is 1.61 bits per heavy atom. The predicted octanol–water partition coefficient (Wildman–Crippen LogP) is 5.20. The van der Waals surface area contributed by atoms with Gasteiger partial charge in [-0.3, -0.25) is 4.90 Å². The highest BCUT2D eigenvalue weighted by atomic mass is 16.3. The van der Waals surface area contributed by atoms with Gasteiger partial charge in [-0.1, -0.05) is 60.7 Å². The number of nitrogens with one attached hydrogen (secondary N) is 1. The molecule has 5 aromatic rings. The number of urea groups is 1. The highest BCUT2D eigenvalue weighted by Gasteiger charge is 2.24. The maximum atomic E-state index is 11.6. The van der Waals surface area contributed by atoms with Crippen molar-refractivity contribution in [3.05, 3.63) is 83.9 Å². The molecule has 41 heavy (non-hydrogen) atoms. The number of carbonyl (C=O) groups excluding carboxylic acids is 1. The van der Waals surface area contributed by atoms with E-state index in [1.807, 2.05) is 54.6 Å². The number of aromatic nitrogens is 4. The van der Waals surface area contributed by atoms with Crippen LogP contribution >= 0.6 is 0 Å². The summed E-state index contributed by atoms with van der Waals surface area (Å²) in [6.07, 6.45) is 2.11. The number of nitrogens with two attached hydrogens (primary N) is 1. The number of carbonyl (C=O) groups is 1. The molecule has 0 saturated carbocycles. The van der Waals surface area contributed by atoms with E-state index in [0.717, 1.165) is 55.0 Å². The topological polar surface area (TPSA) is 144 Å². The normalized spacial score (nSPS) is 15.5. The summed E-state index contributed by atoms with van der Waals surface area (Å²) in [4.78, 5) is 31.5. The number of hydrogen-bond acceptors (Lipinski definition) is 8. The van der Waals surface area contributed by atoms with E-state index in [-0.39, 0.29) is 29.0 Å². The fourth-order valence-corrected chi connectivity index (χ4v) is 5.65. The third-order valence-corrected chi connectivity index (χ3v) is 7.76. The standard InChI is InChI=1S/C31H27N8O2/c32-30-37-28-27(29(40)38-30)35-25(26(36-28)20-4-2-1-3-5-20)21-8-6-18(7-9-21)17-39-14-12-19(13-15-39)22-10-11-23-24(16-22)34-31(41)33-23/h1-11,16,19H,12-15,17H2,(H,33,41)(H3,32,36,37,38,40). The minimum atomic E-state index is -0.292. The Kier molecular flexibility index (Phi) is 6.16. The Hall–Kier alpha value is -5.09. The zero-order valence-electron chi connectivity index (χ0n) is 22.2. The van der Waals surface area contributed by atoms with Crippen LogP contribution in [0.2, 0.25) is 0 Å². The average molecular weight is 544 g/mol. The smallest absolute Gasteiger partial charge is 0.346 e. The van der Waals surface area contributed by atoms with Crippen LogP contribution in [-0.2, 0) is 6.54 Å². The third kappa shape index (κ3) is 4.89. The first kappa shape index (κ1) is 24.9. The van der Waals surface area contributed by atoms with E-state index in [0.29, 0.717) is 17.3 Å². The molecule has 7 rings (SSSR count). The number of likely N-dealkylation sites (tertiary alicyclic amines) is 1. The van der Waals surface area contributed by atoms with Gasteiger partial charge >= 0.3 is 6.03 Å². The maximum absolute atomic E-state index is 11.6. The molecule has 3 aromatic carbocycles. The Morgan fingerprint density at radius 3 is 2.39 bits per heavy atom. The van der Waals surface area contributed by atoms with Crippen molar-refractivity contribution in [2.24, 2.45) is 0 Å². The highest BCUT2D eigenvalue weighted by molar-refractivity contribution is 6.02. The van der Waals surface area contributed by atoms with Gasteiger partial charge in [0.2, 0.25) is 11.8 Å². The monoisotopic (exact) mass is 543 g/mol. The molecule has 4 heterocycles. The summed E-state index contributed by atoms with van der Waals surface area (Å²) in [6.45, 7) is 2.84. The zero-order valence-corrected chi connectivity index (χ0v) is 22.2. The molecule has 0 atom stereocenters. The number of anilines is 2. The number of fused-ring (bicyclic) bond motifs is 2. The van der Waals surface area contributed by atoms with E-state index in [1.54, 1.807) is 0 Å². The van der Waals surface area contributed by atoms with Crippen LogP contribution in [0.25, 0.3) is 33.7 Å². The first-order chi connectivity index (χ1) is 20.0. The minimum Gasteiger partial charge on any atom is -0.492 e. The molecule has 1 fully saturated rings. The van der Waals surface area contributed by atoms with Crippen LogP contribution in [0.1, 0.15) is 29.9 Å². The van der Waals surface area contributed by atoms with Crippen LogP contribution in [0.15, 0.2) is 72.8 Å². The van der Waals surface area contributed by atoms with Crippen LogP contribution in [-0.4, -0.2) is 49.1 Å². The van der Waals surface area contributed by atoms with Crippen molar-refractivity contribution in [3.8, 4) is 28.4 Å². The molecule has 2 aliphatic heterocycles. The molecule has 4 N–H and O–H groups in total. The van der Waals surface area contributed by atoms with Gasteiger partial charge in [0.15, 0.2) is 11.2 Å². The highest BCUT2D eigenvalue weighted by Crippen LogP contribution is 2.36. The number of aromatic hydroxyl groups is 1. The Morgan fingerprint density at radius 1 is 0.878 bits per heavy atom. The largest absolute Gasteiger partial charge is 0.492 e. The second-order valence-corrected chi connectivity index (χ2v) is 10.4. The lowest BCUT2D eigenvalue weighted by atomic mass is 9.89.